The first-order valence-electron chi connectivity index (χ1n) is 5.94. The van der Waals surface area contributed by atoms with Gasteiger partial charge in [0.1, 0.15) is 6.20 Å². The highest BCUT2D eigenvalue weighted by Crippen LogP contribution is 2.21. The van der Waals surface area contributed by atoms with Crippen molar-refractivity contribution in [1.82, 2.24) is 9.97 Å². The van der Waals surface area contributed by atoms with E-state index in [1.165, 1.54) is 0 Å². The quantitative estimate of drug-likeness (QED) is 0.449. The van der Waals surface area contributed by atoms with E-state index in [2.05, 4.69) is 9.97 Å². The van der Waals surface area contributed by atoms with Crippen LogP contribution in [0.15, 0.2) is 35.6 Å². The minimum atomic E-state index is -4.94. The SMILES string of the molecule is Cc1nc(N)c(CSc2ccccn2)c[n+]1C.[O-][Cl+3]([O-])([O-])[O-]. The van der Waals surface area contributed by atoms with Gasteiger partial charge < -0.3 is 5.73 Å². The number of rotatable bonds is 3. The zero-order valence-electron chi connectivity index (χ0n) is 11.9. The lowest BCUT2D eigenvalue weighted by Crippen LogP contribution is -2.68. The summed E-state index contributed by atoms with van der Waals surface area (Å²) in [6.07, 6.45) is 3.81. The van der Waals surface area contributed by atoms with Crippen molar-refractivity contribution in [3.8, 4) is 0 Å². The molecule has 2 rings (SSSR count). The molecule has 120 valence electrons. The molecule has 0 unspecified atom stereocenters. The van der Waals surface area contributed by atoms with E-state index >= 15 is 0 Å². The van der Waals surface area contributed by atoms with Gasteiger partial charge >= 0.3 is 0 Å². The Labute approximate surface area is 134 Å². The van der Waals surface area contributed by atoms with E-state index in [0.29, 0.717) is 5.82 Å². The number of hydrogen-bond donors (Lipinski definition) is 1. The molecule has 2 aromatic rings. The number of pyridine rings is 1. The van der Waals surface area contributed by atoms with Gasteiger partial charge in [-0.1, -0.05) is 6.07 Å². The number of thioether (sulfide) groups is 1. The number of hydrogen-bond acceptors (Lipinski definition) is 8. The van der Waals surface area contributed by atoms with Crippen molar-refractivity contribution in [3.63, 3.8) is 0 Å². The summed E-state index contributed by atoms with van der Waals surface area (Å²) in [5.74, 6) is 2.29. The van der Waals surface area contributed by atoms with Crippen molar-refractivity contribution in [3.05, 3.63) is 42.0 Å². The molecule has 0 radical (unpaired) electrons. The van der Waals surface area contributed by atoms with E-state index in [9.17, 15) is 0 Å². The average molecular weight is 347 g/mol. The van der Waals surface area contributed by atoms with Crippen LogP contribution in [0.3, 0.4) is 0 Å². The van der Waals surface area contributed by atoms with Gasteiger partial charge in [-0.3, -0.25) is 0 Å². The lowest BCUT2D eigenvalue weighted by Gasteiger charge is -2.17. The highest BCUT2D eigenvalue weighted by molar-refractivity contribution is 7.98. The van der Waals surface area contributed by atoms with Crippen LogP contribution in [0.1, 0.15) is 11.4 Å². The number of nitrogen functional groups attached to an aromatic ring is 1. The van der Waals surface area contributed by atoms with E-state index in [-0.39, 0.29) is 0 Å². The van der Waals surface area contributed by atoms with Gasteiger partial charge in [0, 0.05) is 18.9 Å². The third-order valence-corrected chi connectivity index (χ3v) is 3.48. The number of nitrogens with zero attached hydrogens (tertiary/aromatic N) is 3. The topological polar surface area (TPSA) is 148 Å². The average Bonchev–Trinajstić information content (AvgIpc) is 2.41. The second-order valence-electron chi connectivity index (χ2n) is 4.14. The molecule has 2 heterocycles. The van der Waals surface area contributed by atoms with Crippen LogP contribution in [0.25, 0.3) is 0 Å². The first kappa shape index (κ1) is 18.6. The van der Waals surface area contributed by atoms with Crippen molar-refractivity contribution in [2.45, 2.75) is 17.7 Å². The van der Waals surface area contributed by atoms with Gasteiger partial charge in [-0.05, 0) is 17.1 Å². The lowest BCUT2D eigenvalue weighted by molar-refractivity contribution is -2.00. The molecule has 0 aliphatic heterocycles. The summed E-state index contributed by atoms with van der Waals surface area (Å²) in [7, 11) is -2.98. The van der Waals surface area contributed by atoms with Crippen LogP contribution in [-0.4, -0.2) is 9.97 Å². The maximum atomic E-state index is 8.49. The van der Waals surface area contributed by atoms with Crippen LogP contribution in [0, 0.1) is 17.2 Å². The second kappa shape index (κ2) is 8.22. The molecule has 0 atom stereocenters. The van der Waals surface area contributed by atoms with Gasteiger partial charge in [0.25, 0.3) is 5.82 Å². The highest BCUT2D eigenvalue weighted by atomic mass is 35.7. The third kappa shape index (κ3) is 7.50. The molecule has 0 saturated heterocycles. The van der Waals surface area contributed by atoms with Gasteiger partial charge in [0.2, 0.25) is 5.82 Å². The summed E-state index contributed by atoms with van der Waals surface area (Å²) in [6, 6.07) is 5.88. The van der Waals surface area contributed by atoms with Crippen LogP contribution < -0.4 is 28.9 Å². The molecule has 0 amide bonds. The van der Waals surface area contributed by atoms with Gasteiger partial charge in [-0.15, -0.1) is 22.0 Å². The normalized spacial score (nSPS) is 10.8. The van der Waals surface area contributed by atoms with Crippen LogP contribution in [0.2, 0.25) is 0 Å². The molecule has 0 aliphatic carbocycles. The monoisotopic (exact) mass is 346 g/mol. The van der Waals surface area contributed by atoms with Crippen molar-refractivity contribution in [1.29, 1.82) is 0 Å². The first-order valence-corrected chi connectivity index (χ1v) is 8.16. The molecule has 0 spiro atoms. The fraction of sp³-hybridized carbons (Fsp3) is 0.250. The molecule has 8 nitrogen and oxygen atoms in total. The van der Waals surface area contributed by atoms with Gasteiger partial charge in [0.05, 0.1) is 17.6 Å². The number of aryl methyl sites for hydroxylation is 2. The molecule has 0 aliphatic rings. The highest BCUT2D eigenvalue weighted by Gasteiger charge is 2.12. The van der Waals surface area contributed by atoms with Gasteiger partial charge in [-0.2, -0.15) is 0 Å². The molecule has 0 bridgehead atoms. The Bertz CT molecular complexity index is 604. The largest absolute Gasteiger partial charge is 0.363 e. The third-order valence-electron chi connectivity index (χ3n) is 2.48. The van der Waals surface area contributed by atoms with Crippen molar-refractivity contribution < 1.29 is 33.4 Å². The van der Waals surface area contributed by atoms with Crippen LogP contribution in [-0.2, 0) is 12.8 Å². The number of anilines is 1. The molecule has 2 aromatic heterocycles. The minimum absolute atomic E-state index is 0.601. The van der Waals surface area contributed by atoms with Crippen molar-refractivity contribution >= 4 is 17.6 Å². The smallest absolute Gasteiger partial charge is 0.297 e. The Hall–Kier alpha value is -1.49. The lowest BCUT2D eigenvalue weighted by atomic mass is 10.3. The molecule has 0 aromatic carbocycles. The number of halogens is 1. The Morgan fingerprint density at radius 1 is 1.27 bits per heavy atom. The summed E-state index contributed by atoms with van der Waals surface area (Å²) < 4.78 is 35.9. The van der Waals surface area contributed by atoms with Crippen LogP contribution in [0.4, 0.5) is 5.82 Å². The van der Waals surface area contributed by atoms with Crippen molar-refractivity contribution in [2.24, 2.45) is 7.05 Å². The van der Waals surface area contributed by atoms with E-state index < -0.39 is 10.2 Å². The van der Waals surface area contributed by atoms with Gasteiger partial charge in [0.15, 0.2) is 0 Å². The fourth-order valence-corrected chi connectivity index (χ4v) is 2.25. The van der Waals surface area contributed by atoms with E-state index in [0.717, 1.165) is 22.2 Å². The fourth-order valence-electron chi connectivity index (χ4n) is 1.41. The number of aromatic nitrogens is 3. The maximum Gasteiger partial charge on any atom is 0.297 e. The van der Waals surface area contributed by atoms with Gasteiger partial charge in [-0.25, -0.2) is 28.2 Å². The molecular formula is C12H15ClN4O4S. The summed E-state index contributed by atoms with van der Waals surface area (Å²) in [4.78, 5) is 8.55. The van der Waals surface area contributed by atoms with Crippen LogP contribution in [0.5, 0.6) is 0 Å². The van der Waals surface area contributed by atoms with Crippen molar-refractivity contribution in [2.75, 3.05) is 5.73 Å². The zero-order chi connectivity index (χ0) is 16.8. The molecule has 0 saturated carbocycles. The molecule has 22 heavy (non-hydrogen) atoms. The minimum Gasteiger partial charge on any atom is -0.363 e. The molecule has 2 N–H and O–H groups in total. The predicted molar refractivity (Wildman–Crippen MR) is 68.4 cm³/mol. The Morgan fingerprint density at radius 2 is 1.91 bits per heavy atom. The Balaban J connectivity index is 0.000000422. The van der Waals surface area contributed by atoms with E-state index in [4.69, 9.17) is 24.4 Å². The second-order valence-corrected chi connectivity index (χ2v) is 5.90. The van der Waals surface area contributed by atoms with E-state index in [1.807, 2.05) is 42.9 Å². The maximum absolute atomic E-state index is 8.49. The molecule has 10 heteroatoms. The Morgan fingerprint density at radius 3 is 2.45 bits per heavy atom. The predicted octanol–water partition coefficient (Wildman–Crippen LogP) is -3.27. The van der Waals surface area contributed by atoms with E-state index in [1.54, 1.807) is 18.0 Å². The first-order chi connectivity index (χ1) is 10.2. The summed E-state index contributed by atoms with van der Waals surface area (Å²) in [5.41, 5.74) is 6.93. The molecule has 0 fully saturated rings. The zero-order valence-corrected chi connectivity index (χ0v) is 13.5. The summed E-state index contributed by atoms with van der Waals surface area (Å²) >= 11 is 1.66. The summed E-state index contributed by atoms with van der Waals surface area (Å²) in [5, 5.41) is 0.995. The number of nitrogens with two attached hydrogens (primary N) is 1. The Kier molecular flexibility index (Phi) is 6.94. The van der Waals surface area contributed by atoms with Crippen LogP contribution >= 0.6 is 11.8 Å². The standard InChI is InChI=1S/C12H14N4S.ClHO4/c1-9-15-12(13)10(7-16(9)2)8-17-11-5-3-4-6-14-11;2-1(3,4)5/h3-7,13H,8H2,1-2H3;(H,2,3,4,5). The molecular weight excluding hydrogens is 332 g/mol. The summed E-state index contributed by atoms with van der Waals surface area (Å²) in [6.45, 7) is 1.94.